The standard InChI is InChI=1S/C15H13Cl2N5O2/c1-21-13-10(14(23)22(2)15(21)24)9(11(18)12(19)20-13)7-4-3-6(16)5-8(7)17/h3-5H,18H2,1-2H3,(H2,19,20). The molecule has 4 N–H and O–H groups in total. The highest BCUT2D eigenvalue weighted by molar-refractivity contribution is 6.37. The highest BCUT2D eigenvalue weighted by atomic mass is 35.5. The zero-order valence-electron chi connectivity index (χ0n) is 12.8. The van der Waals surface area contributed by atoms with Crippen molar-refractivity contribution in [2.45, 2.75) is 0 Å². The lowest BCUT2D eigenvalue weighted by Crippen LogP contribution is -2.37. The minimum atomic E-state index is -0.534. The first-order chi connectivity index (χ1) is 11.2. The maximum absolute atomic E-state index is 12.7. The lowest BCUT2D eigenvalue weighted by molar-refractivity contribution is 0.708. The molecule has 0 aliphatic rings. The number of rotatable bonds is 1. The van der Waals surface area contributed by atoms with E-state index in [1.165, 1.54) is 24.7 Å². The Labute approximate surface area is 146 Å². The summed E-state index contributed by atoms with van der Waals surface area (Å²) < 4.78 is 2.22. The van der Waals surface area contributed by atoms with E-state index in [2.05, 4.69) is 4.98 Å². The van der Waals surface area contributed by atoms with Crippen molar-refractivity contribution in [3.05, 3.63) is 49.1 Å². The van der Waals surface area contributed by atoms with E-state index in [1.54, 1.807) is 12.1 Å². The second kappa shape index (κ2) is 5.54. The van der Waals surface area contributed by atoms with E-state index in [9.17, 15) is 9.59 Å². The van der Waals surface area contributed by atoms with Crippen LogP contribution in [-0.4, -0.2) is 14.1 Å². The molecule has 7 nitrogen and oxygen atoms in total. The fraction of sp³-hybridized carbons (Fsp3) is 0.133. The highest BCUT2D eigenvalue weighted by Gasteiger charge is 2.21. The van der Waals surface area contributed by atoms with Gasteiger partial charge in [0.05, 0.1) is 11.1 Å². The molecule has 0 bridgehead atoms. The molecule has 2 aromatic heterocycles. The third-order valence-electron chi connectivity index (χ3n) is 3.86. The molecule has 0 aliphatic heterocycles. The van der Waals surface area contributed by atoms with Gasteiger partial charge < -0.3 is 11.5 Å². The summed E-state index contributed by atoms with van der Waals surface area (Å²) in [5, 5.41) is 0.904. The first-order valence-corrected chi connectivity index (χ1v) is 7.59. The van der Waals surface area contributed by atoms with Crippen LogP contribution in [0.25, 0.3) is 22.2 Å². The van der Waals surface area contributed by atoms with Gasteiger partial charge in [-0.2, -0.15) is 0 Å². The van der Waals surface area contributed by atoms with Crippen molar-refractivity contribution in [3.63, 3.8) is 0 Å². The zero-order chi connectivity index (χ0) is 17.8. The maximum atomic E-state index is 12.7. The highest BCUT2D eigenvalue weighted by Crippen LogP contribution is 2.38. The van der Waals surface area contributed by atoms with Crippen LogP contribution in [0.2, 0.25) is 10.0 Å². The van der Waals surface area contributed by atoms with Crippen molar-refractivity contribution in [1.29, 1.82) is 0 Å². The number of hydrogen-bond acceptors (Lipinski definition) is 5. The normalized spacial score (nSPS) is 11.2. The lowest BCUT2D eigenvalue weighted by Gasteiger charge is -2.15. The molecule has 1 aromatic carbocycles. The molecular formula is C15H13Cl2N5O2. The number of halogens is 2. The Hall–Kier alpha value is -2.51. The zero-order valence-corrected chi connectivity index (χ0v) is 14.3. The molecule has 0 amide bonds. The van der Waals surface area contributed by atoms with Crippen molar-refractivity contribution in [3.8, 4) is 11.1 Å². The van der Waals surface area contributed by atoms with Crippen molar-refractivity contribution < 1.29 is 0 Å². The molecule has 9 heteroatoms. The fourth-order valence-electron chi connectivity index (χ4n) is 2.59. The molecule has 0 saturated heterocycles. The molecule has 3 rings (SSSR count). The van der Waals surface area contributed by atoms with Crippen LogP contribution < -0.4 is 22.7 Å². The van der Waals surface area contributed by atoms with E-state index in [1.807, 2.05) is 0 Å². The van der Waals surface area contributed by atoms with Crippen LogP contribution in [-0.2, 0) is 14.1 Å². The summed E-state index contributed by atoms with van der Waals surface area (Å²) in [5.74, 6) is 0.00627. The van der Waals surface area contributed by atoms with Gasteiger partial charge in [0.1, 0.15) is 5.82 Å². The van der Waals surface area contributed by atoms with Crippen LogP contribution in [0.4, 0.5) is 11.5 Å². The number of anilines is 2. The number of benzene rings is 1. The van der Waals surface area contributed by atoms with Gasteiger partial charge in [-0.05, 0) is 12.1 Å². The number of pyridine rings is 1. The van der Waals surface area contributed by atoms with Crippen LogP contribution in [0.15, 0.2) is 27.8 Å². The number of hydrogen-bond donors (Lipinski definition) is 2. The Bertz CT molecular complexity index is 1120. The van der Waals surface area contributed by atoms with Crippen molar-refractivity contribution >= 4 is 45.7 Å². The lowest BCUT2D eigenvalue weighted by atomic mass is 10.0. The summed E-state index contributed by atoms with van der Waals surface area (Å²) in [5.41, 5.74) is 12.0. The first kappa shape index (κ1) is 16.4. The van der Waals surface area contributed by atoms with Crippen molar-refractivity contribution in [2.24, 2.45) is 14.1 Å². The molecule has 0 unspecified atom stereocenters. The molecule has 24 heavy (non-hydrogen) atoms. The van der Waals surface area contributed by atoms with E-state index in [-0.39, 0.29) is 22.5 Å². The van der Waals surface area contributed by atoms with Crippen LogP contribution >= 0.6 is 23.2 Å². The van der Waals surface area contributed by atoms with Crippen molar-refractivity contribution in [2.75, 3.05) is 11.5 Å². The number of nitrogens with two attached hydrogens (primary N) is 2. The number of aromatic nitrogens is 3. The summed E-state index contributed by atoms with van der Waals surface area (Å²) in [6.07, 6.45) is 0. The summed E-state index contributed by atoms with van der Waals surface area (Å²) in [6.45, 7) is 0. The predicted octanol–water partition coefficient (Wildman–Crippen LogP) is 1.77. The quantitative estimate of drug-likeness (QED) is 0.682. The Kier molecular flexibility index (Phi) is 3.77. The van der Waals surface area contributed by atoms with Gasteiger partial charge in [-0.15, -0.1) is 0 Å². The van der Waals surface area contributed by atoms with Gasteiger partial charge in [0.2, 0.25) is 0 Å². The molecule has 0 saturated carbocycles. The summed E-state index contributed by atoms with van der Waals surface area (Å²) in [7, 11) is 2.88. The number of nitrogens with zero attached hydrogens (tertiary/aromatic N) is 3. The molecule has 3 aromatic rings. The largest absolute Gasteiger partial charge is 0.395 e. The first-order valence-electron chi connectivity index (χ1n) is 6.84. The van der Waals surface area contributed by atoms with Gasteiger partial charge in [-0.3, -0.25) is 13.9 Å². The Balaban J connectivity index is 2.64. The SMILES string of the molecule is Cn1c(=O)c2c(-c3ccc(Cl)cc3Cl)c(N)c(N)nc2n(C)c1=O. The second-order valence-corrected chi connectivity index (χ2v) is 6.16. The van der Waals surface area contributed by atoms with E-state index < -0.39 is 11.2 Å². The van der Waals surface area contributed by atoms with E-state index in [0.29, 0.717) is 21.2 Å². The third kappa shape index (κ3) is 2.24. The Morgan fingerprint density at radius 2 is 1.75 bits per heavy atom. The van der Waals surface area contributed by atoms with E-state index in [0.717, 1.165) is 4.57 Å². The molecule has 0 radical (unpaired) electrons. The fourth-order valence-corrected chi connectivity index (χ4v) is 3.10. The minimum absolute atomic E-state index is 0.00627. The van der Waals surface area contributed by atoms with Gasteiger partial charge in [0.25, 0.3) is 5.56 Å². The minimum Gasteiger partial charge on any atom is -0.395 e. The van der Waals surface area contributed by atoms with E-state index in [4.69, 9.17) is 34.7 Å². The van der Waals surface area contributed by atoms with Gasteiger partial charge in [0, 0.05) is 35.3 Å². The topological polar surface area (TPSA) is 109 Å². The predicted molar refractivity (Wildman–Crippen MR) is 96.5 cm³/mol. The van der Waals surface area contributed by atoms with Gasteiger partial charge in [0.15, 0.2) is 5.65 Å². The molecule has 0 fully saturated rings. The molecule has 2 heterocycles. The Morgan fingerprint density at radius 1 is 1.08 bits per heavy atom. The number of nitrogen functional groups attached to an aromatic ring is 2. The molecule has 124 valence electrons. The van der Waals surface area contributed by atoms with Crippen LogP contribution in [0.5, 0.6) is 0 Å². The molecule has 0 aliphatic carbocycles. The average molecular weight is 366 g/mol. The molecular weight excluding hydrogens is 353 g/mol. The maximum Gasteiger partial charge on any atom is 0.332 e. The van der Waals surface area contributed by atoms with Gasteiger partial charge in [-0.25, -0.2) is 9.78 Å². The van der Waals surface area contributed by atoms with Crippen LogP contribution in [0.3, 0.4) is 0 Å². The monoisotopic (exact) mass is 365 g/mol. The summed E-state index contributed by atoms with van der Waals surface area (Å²) in [4.78, 5) is 28.9. The smallest absolute Gasteiger partial charge is 0.332 e. The molecule has 0 atom stereocenters. The molecule has 0 spiro atoms. The number of aryl methyl sites for hydroxylation is 1. The Morgan fingerprint density at radius 3 is 2.38 bits per heavy atom. The summed E-state index contributed by atoms with van der Waals surface area (Å²) >= 11 is 12.2. The average Bonchev–Trinajstić information content (AvgIpc) is 2.53. The van der Waals surface area contributed by atoms with Crippen LogP contribution in [0, 0.1) is 0 Å². The second-order valence-electron chi connectivity index (χ2n) is 5.31. The van der Waals surface area contributed by atoms with Gasteiger partial charge >= 0.3 is 5.69 Å². The number of fused-ring (bicyclic) bond motifs is 1. The third-order valence-corrected chi connectivity index (χ3v) is 4.40. The van der Waals surface area contributed by atoms with Crippen LogP contribution in [0.1, 0.15) is 0 Å². The van der Waals surface area contributed by atoms with E-state index >= 15 is 0 Å². The van der Waals surface area contributed by atoms with Crippen molar-refractivity contribution in [1.82, 2.24) is 14.1 Å². The van der Waals surface area contributed by atoms with Gasteiger partial charge in [-0.1, -0.05) is 29.3 Å². The summed E-state index contributed by atoms with van der Waals surface area (Å²) in [6, 6.07) is 4.80.